The quantitative estimate of drug-likeness (QED) is 0.275. The van der Waals surface area contributed by atoms with Crippen LogP contribution in [-0.2, 0) is 9.53 Å². The summed E-state index contributed by atoms with van der Waals surface area (Å²) in [5.74, 6) is -1.29. The number of hydrogen-bond acceptors (Lipinski definition) is 3. The minimum Gasteiger partial charge on any atom is -0.456 e. The van der Waals surface area contributed by atoms with Gasteiger partial charge >= 0.3 is 5.97 Å². The average molecular weight is 290 g/mol. The van der Waals surface area contributed by atoms with Gasteiger partial charge in [-0.2, -0.15) is 0 Å². The van der Waals surface area contributed by atoms with Crippen LogP contribution >= 0.6 is 0 Å². The van der Waals surface area contributed by atoms with Gasteiger partial charge in [0.1, 0.15) is 6.10 Å². The van der Waals surface area contributed by atoms with Crippen LogP contribution in [0.3, 0.4) is 0 Å². The number of carbonyl (C=O) groups is 2. The van der Waals surface area contributed by atoms with E-state index in [-0.39, 0.29) is 6.10 Å². The highest BCUT2D eigenvalue weighted by molar-refractivity contribution is 6.40. The first-order valence-electron chi connectivity index (χ1n) is 7.99. The lowest BCUT2D eigenvalue weighted by Crippen LogP contribution is -2.24. The largest absolute Gasteiger partial charge is 0.456 e. The zero-order valence-corrected chi connectivity index (χ0v) is 13.1. The lowest BCUT2D eigenvalue weighted by atomic mass is 10.1. The minimum absolute atomic E-state index is 0.146. The van der Waals surface area contributed by atoms with E-state index < -0.39 is 11.8 Å². The standard InChI is InChI=1S/C18H26O3/c1-3-5-6-7-11-14-16(4-2)21-18(20)17(19)15-12-9-8-10-13-15/h8-10,12-13,16H,3-7,11,14H2,1-2H3. The van der Waals surface area contributed by atoms with Crippen LogP contribution in [0.4, 0.5) is 0 Å². The van der Waals surface area contributed by atoms with Crippen LogP contribution in [0.1, 0.15) is 69.2 Å². The van der Waals surface area contributed by atoms with Crippen LogP contribution in [0.5, 0.6) is 0 Å². The smallest absolute Gasteiger partial charge is 0.379 e. The zero-order valence-electron chi connectivity index (χ0n) is 13.1. The monoisotopic (exact) mass is 290 g/mol. The molecule has 0 aromatic heterocycles. The fourth-order valence-electron chi connectivity index (χ4n) is 2.23. The molecule has 0 aliphatic carbocycles. The summed E-state index contributed by atoms with van der Waals surface area (Å²) in [6.07, 6.45) is 7.35. The second-order valence-electron chi connectivity index (χ2n) is 5.33. The predicted octanol–water partition coefficient (Wildman–Crippen LogP) is 4.55. The van der Waals surface area contributed by atoms with Crippen molar-refractivity contribution in [2.24, 2.45) is 0 Å². The van der Waals surface area contributed by atoms with Crippen molar-refractivity contribution >= 4 is 11.8 Å². The highest BCUT2D eigenvalue weighted by Gasteiger charge is 2.21. The molecule has 3 nitrogen and oxygen atoms in total. The fourth-order valence-corrected chi connectivity index (χ4v) is 2.23. The molecule has 0 aliphatic rings. The van der Waals surface area contributed by atoms with Gasteiger partial charge in [-0.1, -0.05) is 69.9 Å². The molecular formula is C18H26O3. The molecule has 3 heteroatoms. The summed E-state index contributed by atoms with van der Waals surface area (Å²) in [6.45, 7) is 4.17. The Balaban J connectivity index is 2.38. The van der Waals surface area contributed by atoms with Gasteiger partial charge in [-0.15, -0.1) is 0 Å². The molecule has 1 aromatic carbocycles. The van der Waals surface area contributed by atoms with Crippen molar-refractivity contribution in [1.82, 2.24) is 0 Å². The maximum Gasteiger partial charge on any atom is 0.379 e. The van der Waals surface area contributed by atoms with Gasteiger partial charge in [0.25, 0.3) is 5.78 Å². The van der Waals surface area contributed by atoms with E-state index in [0.29, 0.717) is 5.56 Å². The molecule has 0 fully saturated rings. The van der Waals surface area contributed by atoms with Crippen molar-refractivity contribution < 1.29 is 14.3 Å². The molecule has 0 saturated carbocycles. The van der Waals surface area contributed by atoms with E-state index in [4.69, 9.17) is 4.74 Å². The SMILES string of the molecule is CCCCCCCC(CC)OC(=O)C(=O)c1ccccc1. The third-order valence-corrected chi connectivity index (χ3v) is 3.58. The maximum absolute atomic E-state index is 11.9. The second kappa shape index (κ2) is 10.1. The molecule has 0 radical (unpaired) electrons. The number of ether oxygens (including phenoxy) is 1. The summed E-state index contributed by atoms with van der Waals surface area (Å²) < 4.78 is 5.33. The summed E-state index contributed by atoms with van der Waals surface area (Å²) in [6, 6.07) is 8.56. The second-order valence-corrected chi connectivity index (χ2v) is 5.33. The molecule has 0 bridgehead atoms. The maximum atomic E-state index is 11.9. The summed E-state index contributed by atoms with van der Waals surface area (Å²) in [7, 11) is 0. The average Bonchev–Trinajstić information content (AvgIpc) is 2.53. The van der Waals surface area contributed by atoms with Gasteiger partial charge in [-0.05, 0) is 19.3 Å². The Morgan fingerprint density at radius 2 is 1.67 bits per heavy atom. The molecule has 0 amide bonds. The molecule has 1 atom stereocenters. The van der Waals surface area contributed by atoms with Gasteiger partial charge in [0, 0.05) is 5.56 Å². The third-order valence-electron chi connectivity index (χ3n) is 3.58. The number of unbranched alkanes of at least 4 members (excludes halogenated alkanes) is 4. The number of carbonyl (C=O) groups excluding carboxylic acids is 2. The lowest BCUT2D eigenvalue weighted by Gasteiger charge is -2.15. The molecule has 0 spiro atoms. The van der Waals surface area contributed by atoms with Gasteiger partial charge in [-0.3, -0.25) is 4.79 Å². The van der Waals surface area contributed by atoms with Crippen molar-refractivity contribution in [3.8, 4) is 0 Å². The van der Waals surface area contributed by atoms with Crippen LogP contribution < -0.4 is 0 Å². The Morgan fingerprint density at radius 3 is 2.29 bits per heavy atom. The number of rotatable bonds is 10. The lowest BCUT2D eigenvalue weighted by molar-refractivity contribution is -0.143. The molecule has 1 rings (SSSR count). The fraction of sp³-hybridized carbons (Fsp3) is 0.556. The number of Topliss-reactive ketones (excluding diaryl/α,β-unsaturated/α-hetero) is 1. The zero-order chi connectivity index (χ0) is 15.5. The summed E-state index contributed by atoms with van der Waals surface area (Å²) in [5.41, 5.74) is 0.389. The van der Waals surface area contributed by atoms with Gasteiger partial charge in [0.05, 0.1) is 0 Å². The van der Waals surface area contributed by atoms with Crippen molar-refractivity contribution in [2.45, 2.75) is 64.9 Å². The van der Waals surface area contributed by atoms with Gasteiger partial charge in [-0.25, -0.2) is 4.79 Å². The van der Waals surface area contributed by atoms with E-state index >= 15 is 0 Å². The highest BCUT2D eigenvalue weighted by Crippen LogP contribution is 2.13. The molecule has 21 heavy (non-hydrogen) atoms. The van der Waals surface area contributed by atoms with E-state index in [0.717, 1.165) is 25.7 Å². The van der Waals surface area contributed by atoms with Crippen molar-refractivity contribution in [3.63, 3.8) is 0 Å². The Kier molecular flexibility index (Phi) is 8.41. The highest BCUT2D eigenvalue weighted by atomic mass is 16.5. The number of hydrogen-bond donors (Lipinski definition) is 0. The normalized spacial score (nSPS) is 11.9. The van der Waals surface area contributed by atoms with Crippen LogP contribution in [0.25, 0.3) is 0 Å². The predicted molar refractivity (Wildman–Crippen MR) is 84.3 cm³/mol. The van der Waals surface area contributed by atoms with E-state index in [1.165, 1.54) is 19.3 Å². The van der Waals surface area contributed by atoms with Gasteiger partial charge in [0.15, 0.2) is 0 Å². The molecule has 116 valence electrons. The Bertz CT molecular complexity index is 425. The van der Waals surface area contributed by atoms with Crippen molar-refractivity contribution in [2.75, 3.05) is 0 Å². The summed E-state index contributed by atoms with van der Waals surface area (Å²) >= 11 is 0. The van der Waals surface area contributed by atoms with Crippen molar-refractivity contribution in [3.05, 3.63) is 35.9 Å². The third kappa shape index (κ3) is 6.56. The molecule has 0 saturated heterocycles. The number of benzene rings is 1. The van der Waals surface area contributed by atoms with Crippen LogP contribution in [0.2, 0.25) is 0 Å². The molecule has 0 N–H and O–H groups in total. The molecule has 1 unspecified atom stereocenters. The van der Waals surface area contributed by atoms with Crippen molar-refractivity contribution in [1.29, 1.82) is 0 Å². The molecular weight excluding hydrogens is 264 g/mol. The van der Waals surface area contributed by atoms with Gasteiger partial charge in [0.2, 0.25) is 0 Å². The Morgan fingerprint density at radius 1 is 1.00 bits per heavy atom. The molecule has 0 heterocycles. The molecule has 1 aromatic rings. The number of esters is 1. The first-order valence-corrected chi connectivity index (χ1v) is 7.99. The topological polar surface area (TPSA) is 43.4 Å². The minimum atomic E-state index is -0.735. The Labute approximate surface area is 127 Å². The molecule has 0 aliphatic heterocycles. The van der Waals surface area contributed by atoms with Gasteiger partial charge < -0.3 is 4.74 Å². The van der Waals surface area contributed by atoms with E-state index in [2.05, 4.69) is 6.92 Å². The summed E-state index contributed by atoms with van der Waals surface area (Å²) in [4.78, 5) is 23.8. The number of ketones is 1. The van der Waals surface area contributed by atoms with E-state index in [9.17, 15) is 9.59 Å². The van der Waals surface area contributed by atoms with Crippen LogP contribution in [0, 0.1) is 0 Å². The Hall–Kier alpha value is -1.64. The first-order chi connectivity index (χ1) is 10.2. The van der Waals surface area contributed by atoms with E-state index in [1.54, 1.807) is 24.3 Å². The van der Waals surface area contributed by atoms with E-state index in [1.807, 2.05) is 13.0 Å². The van der Waals surface area contributed by atoms with Crippen LogP contribution in [0.15, 0.2) is 30.3 Å². The summed E-state index contributed by atoms with van der Waals surface area (Å²) in [5, 5.41) is 0. The van der Waals surface area contributed by atoms with Crippen LogP contribution in [-0.4, -0.2) is 17.9 Å². The first kappa shape index (κ1) is 17.4.